The van der Waals surface area contributed by atoms with Gasteiger partial charge in [-0.25, -0.2) is 15.0 Å². The number of nitrogens with one attached hydrogen (secondary N) is 1. The molecule has 0 saturated heterocycles. The Morgan fingerprint density at radius 1 is 1.31 bits per heavy atom. The smallest absolute Gasteiger partial charge is 0.158 e. The zero-order valence-electron chi connectivity index (χ0n) is 8.64. The Kier molecular flexibility index (Phi) is 3.08. The first-order chi connectivity index (χ1) is 7.78. The Balaban J connectivity index is 1.97. The normalized spacial score (nSPS) is 9.75. The van der Waals surface area contributed by atoms with Crippen LogP contribution in [-0.2, 0) is 6.54 Å². The molecular formula is C10H9N5S. The Morgan fingerprint density at radius 3 is 2.75 bits per heavy atom. The third-order valence-corrected chi connectivity index (χ3v) is 2.77. The van der Waals surface area contributed by atoms with E-state index in [1.807, 2.05) is 19.2 Å². The highest BCUT2D eigenvalue weighted by atomic mass is 32.1. The molecule has 0 saturated carbocycles. The Morgan fingerprint density at radius 2 is 2.19 bits per heavy atom. The largest absolute Gasteiger partial charge is 0.362 e. The molecular weight excluding hydrogens is 222 g/mol. The fourth-order valence-electron chi connectivity index (χ4n) is 1.13. The minimum absolute atomic E-state index is 0.315. The minimum Gasteiger partial charge on any atom is -0.362 e. The topological polar surface area (TPSA) is 74.5 Å². The maximum Gasteiger partial charge on any atom is 0.158 e. The number of nitrogens with zero attached hydrogens (tertiary/aromatic N) is 4. The third-order valence-electron chi connectivity index (χ3n) is 1.86. The standard InChI is InChI=1S/C10H9N5S/c1-7-3-15-10(16-7)6-14-9-5-12-8(2-11)4-13-9/h3-5H,6H2,1H3,(H,13,14). The van der Waals surface area contributed by atoms with E-state index in [2.05, 4.69) is 20.3 Å². The molecule has 0 spiro atoms. The van der Waals surface area contributed by atoms with Crippen LogP contribution in [0.3, 0.4) is 0 Å². The lowest BCUT2D eigenvalue weighted by Crippen LogP contribution is -2.01. The summed E-state index contributed by atoms with van der Waals surface area (Å²) >= 11 is 1.64. The fraction of sp³-hybridized carbons (Fsp3) is 0.200. The number of aromatic nitrogens is 3. The molecule has 2 aromatic heterocycles. The van der Waals surface area contributed by atoms with Crippen molar-refractivity contribution in [3.8, 4) is 6.07 Å². The molecule has 0 amide bonds. The molecule has 0 atom stereocenters. The summed E-state index contributed by atoms with van der Waals surface area (Å²) in [6.07, 6.45) is 4.82. The van der Waals surface area contributed by atoms with Crippen LogP contribution in [0.1, 0.15) is 15.6 Å². The molecule has 0 aliphatic rings. The van der Waals surface area contributed by atoms with E-state index in [9.17, 15) is 0 Å². The van der Waals surface area contributed by atoms with E-state index in [0.717, 1.165) is 5.01 Å². The number of rotatable bonds is 3. The molecule has 2 aromatic rings. The van der Waals surface area contributed by atoms with Gasteiger partial charge in [-0.3, -0.25) is 0 Å². The molecule has 0 bridgehead atoms. The first-order valence-electron chi connectivity index (χ1n) is 4.65. The van der Waals surface area contributed by atoms with Crippen LogP contribution in [0.4, 0.5) is 5.82 Å². The van der Waals surface area contributed by atoms with Crippen LogP contribution in [0.5, 0.6) is 0 Å². The van der Waals surface area contributed by atoms with Crippen molar-refractivity contribution in [1.82, 2.24) is 15.0 Å². The van der Waals surface area contributed by atoms with Crippen molar-refractivity contribution in [1.29, 1.82) is 5.26 Å². The highest BCUT2D eigenvalue weighted by Gasteiger charge is 2.00. The number of hydrogen-bond donors (Lipinski definition) is 1. The highest BCUT2D eigenvalue weighted by molar-refractivity contribution is 7.11. The number of anilines is 1. The third kappa shape index (κ3) is 2.52. The van der Waals surface area contributed by atoms with Gasteiger partial charge in [0.05, 0.1) is 18.9 Å². The summed E-state index contributed by atoms with van der Waals surface area (Å²) in [5.41, 5.74) is 0.315. The van der Waals surface area contributed by atoms with Crippen molar-refractivity contribution in [3.63, 3.8) is 0 Å². The second kappa shape index (κ2) is 4.68. The Bertz CT molecular complexity index is 511. The van der Waals surface area contributed by atoms with E-state index in [4.69, 9.17) is 5.26 Å². The molecule has 0 aromatic carbocycles. The first kappa shape index (κ1) is 10.5. The molecule has 5 nitrogen and oxygen atoms in total. The molecule has 2 rings (SSSR count). The molecule has 6 heteroatoms. The summed E-state index contributed by atoms with van der Waals surface area (Å²) < 4.78 is 0. The molecule has 0 unspecified atom stereocenters. The van der Waals surface area contributed by atoms with Crippen molar-refractivity contribution in [3.05, 3.63) is 34.2 Å². The van der Waals surface area contributed by atoms with Crippen molar-refractivity contribution in [2.24, 2.45) is 0 Å². The summed E-state index contributed by atoms with van der Waals surface area (Å²) in [6, 6.07) is 1.92. The van der Waals surface area contributed by atoms with E-state index in [1.54, 1.807) is 17.5 Å². The van der Waals surface area contributed by atoms with E-state index < -0.39 is 0 Å². The molecule has 0 aliphatic carbocycles. The van der Waals surface area contributed by atoms with Gasteiger partial charge in [0.15, 0.2) is 5.69 Å². The number of hydrogen-bond acceptors (Lipinski definition) is 6. The van der Waals surface area contributed by atoms with E-state index in [1.165, 1.54) is 11.1 Å². The summed E-state index contributed by atoms with van der Waals surface area (Å²) in [5.74, 6) is 0.645. The molecule has 16 heavy (non-hydrogen) atoms. The monoisotopic (exact) mass is 231 g/mol. The second-order valence-corrected chi connectivity index (χ2v) is 4.44. The SMILES string of the molecule is Cc1cnc(CNc2cnc(C#N)cn2)s1. The molecule has 0 radical (unpaired) electrons. The van der Waals surface area contributed by atoms with Crippen LogP contribution in [-0.4, -0.2) is 15.0 Å². The Hall–Kier alpha value is -2.00. The van der Waals surface area contributed by atoms with Gasteiger partial charge in [-0.15, -0.1) is 11.3 Å². The van der Waals surface area contributed by atoms with Crippen molar-refractivity contribution < 1.29 is 0 Å². The van der Waals surface area contributed by atoms with Gasteiger partial charge in [0.25, 0.3) is 0 Å². The number of aryl methyl sites for hydroxylation is 1. The summed E-state index contributed by atoms with van der Waals surface area (Å²) in [4.78, 5) is 13.4. The second-order valence-electron chi connectivity index (χ2n) is 3.12. The minimum atomic E-state index is 0.315. The lowest BCUT2D eigenvalue weighted by molar-refractivity contribution is 1.06. The van der Waals surface area contributed by atoms with Crippen molar-refractivity contribution in [2.75, 3.05) is 5.32 Å². The zero-order chi connectivity index (χ0) is 11.4. The van der Waals surface area contributed by atoms with Gasteiger partial charge >= 0.3 is 0 Å². The lowest BCUT2D eigenvalue weighted by atomic mass is 10.5. The molecule has 0 aliphatic heterocycles. The van der Waals surface area contributed by atoms with E-state index in [-0.39, 0.29) is 0 Å². The lowest BCUT2D eigenvalue weighted by Gasteiger charge is -2.01. The van der Waals surface area contributed by atoms with Gasteiger partial charge in [-0.05, 0) is 6.92 Å². The van der Waals surface area contributed by atoms with E-state index >= 15 is 0 Å². The average Bonchev–Trinajstić information content (AvgIpc) is 2.73. The van der Waals surface area contributed by atoms with Crippen molar-refractivity contribution in [2.45, 2.75) is 13.5 Å². The fourth-order valence-corrected chi connectivity index (χ4v) is 1.85. The van der Waals surface area contributed by atoms with Crippen molar-refractivity contribution >= 4 is 17.2 Å². The van der Waals surface area contributed by atoms with Gasteiger partial charge in [0.2, 0.25) is 0 Å². The maximum atomic E-state index is 8.56. The first-order valence-corrected chi connectivity index (χ1v) is 5.47. The van der Waals surface area contributed by atoms with Gasteiger partial charge < -0.3 is 5.32 Å². The molecule has 80 valence electrons. The van der Waals surface area contributed by atoms with Gasteiger partial charge in [-0.1, -0.05) is 0 Å². The molecule has 0 fully saturated rings. The zero-order valence-corrected chi connectivity index (χ0v) is 9.45. The number of thiazole rings is 1. The van der Waals surface area contributed by atoms with Gasteiger partial charge in [0.1, 0.15) is 16.9 Å². The van der Waals surface area contributed by atoms with Crippen LogP contribution in [0.2, 0.25) is 0 Å². The number of nitriles is 1. The van der Waals surface area contributed by atoms with Crippen LogP contribution < -0.4 is 5.32 Å². The van der Waals surface area contributed by atoms with Crippen LogP contribution >= 0.6 is 11.3 Å². The van der Waals surface area contributed by atoms with Gasteiger partial charge in [0, 0.05) is 11.1 Å². The summed E-state index contributed by atoms with van der Waals surface area (Å²) in [7, 11) is 0. The predicted octanol–water partition coefficient (Wildman–Crippen LogP) is 1.73. The van der Waals surface area contributed by atoms with Crippen LogP contribution in [0.25, 0.3) is 0 Å². The quantitative estimate of drug-likeness (QED) is 0.870. The summed E-state index contributed by atoms with van der Waals surface area (Å²) in [5, 5.41) is 12.7. The predicted molar refractivity (Wildman–Crippen MR) is 60.9 cm³/mol. The average molecular weight is 231 g/mol. The summed E-state index contributed by atoms with van der Waals surface area (Å²) in [6.45, 7) is 2.64. The van der Waals surface area contributed by atoms with Crippen LogP contribution in [0, 0.1) is 18.3 Å². The van der Waals surface area contributed by atoms with Gasteiger partial charge in [-0.2, -0.15) is 5.26 Å². The van der Waals surface area contributed by atoms with Crippen LogP contribution in [0.15, 0.2) is 18.6 Å². The van der Waals surface area contributed by atoms with E-state index in [0.29, 0.717) is 18.1 Å². The maximum absolute atomic E-state index is 8.56. The molecule has 1 N–H and O–H groups in total. The Labute approximate surface area is 96.8 Å². The molecule has 2 heterocycles. The highest BCUT2D eigenvalue weighted by Crippen LogP contribution is 2.12.